The third kappa shape index (κ3) is 4.26. The monoisotopic (exact) mass is 300 g/mol. The summed E-state index contributed by atoms with van der Waals surface area (Å²) in [5, 5.41) is 5.93. The second-order valence-electron chi connectivity index (χ2n) is 5.22. The van der Waals surface area contributed by atoms with Crippen molar-refractivity contribution in [3.63, 3.8) is 0 Å². The summed E-state index contributed by atoms with van der Waals surface area (Å²) in [6.45, 7) is 8.07. The first-order chi connectivity index (χ1) is 9.95. The summed E-state index contributed by atoms with van der Waals surface area (Å²) < 4.78 is 0. The lowest BCUT2D eigenvalue weighted by molar-refractivity contribution is -0.117. The summed E-state index contributed by atoms with van der Waals surface area (Å²) in [7, 11) is 0. The SMILES string of the molecule is Cc1ccc(C)c(C(C)NC(=O)/C=C/c2csc(C)n2)c1. The molecule has 0 aliphatic rings. The largest absolute Gasteiger partial charge is 0.346 e. The van der Waals surface area contributed by atoms with E-state index in [9.17, 15) is 4.79 Å². The average Bonchev–Trinajstić information content (AvgIpc) is 2.85. The fraction of sp³-hybridized carbons (Fsp3) is 0.294. The fourth-order valence-corrected chi connectivity index (χ4v) is 2.76. The van der Waals surface area contributed by atoms with Crippen molar-refractivity contribution >= 4 is 23.3 Å². The van der Waals surface area contributed by atoms with Crippen LogP contribution in [0.2, 0.25) is 0 Å². The molecule has 1 amide bonds. The zero-order chi connectivity index (χ0) is 15.4. The number of carbonyl (C=O) groups excluding carboxylic acids is 1. The van der Waals surface area contributed by atoms with E-state index in [1.807, 2.05) is 19.2 Å². The van der Waals surface area contributed by atoms with Gasteiger partial charge in [-0.05, 0) is 44.9 Å². The fourth-order valence-electron chi connectivity index (χ4n) is 2.18. The third-order valence-electron chi connectivity index (χ3n) is 3.30. The van der Waals surface area contributed by atoms with Crippen LogP contribution in [0.15, 0.2) is 29.7 Å². The van der Waals surface area contributed by atoms with E-state index in [0.717, 1.165) is 16.3 Å². The number of rotatable bonds is 4. The van der Waals surface area contributed by atoms with Crippen LogP contribution < -0.4 is 5.32 Å². The number of aromatic nitrogens is 1. The third-order valence-corrected chi connectivity index (χ3v) is 4.09. The Hall–Kier alpha value is -1.94. The highest BCUT2D eigenvalue weighted by Gasteiger charge is 2.10. The number of nitrogens with zero attached hydrogens (tertiary/aromatic N) is 1. The highest BCUT2D eigenvalue weighted by atomic mass is 32.1. The molecule has 0 aliphatic heterocycles. The minimum Gasteiger partial charge on any atom is -0.346 e. The van der Waals surface area contributed by atoms with Crippen LogP contribution in [-0.2, 0) is 4.79 Å². The lowest BCUT2D eigenvalue weighted by Crippen LogP contribution is -2.25. The van der Waals surface area contributed by atoms with Crippen LogP contribution in [-0.4, -0.2) is 10.9 Å². The molecular weight excluding hydrogens is 280 g/mol. The Kier molecular flexibility index (Phi) is 4.91. The predicted molar refractivity (Wildman–Crippen MR) is 88.4 cm³/mol. The molecule has 4 heteroatoms. The van der Waals surface area contributed by atoms with Crippen LogP contribution >= 0.6 is 11.3 Å². The second-order valence-corrected chi connectivity index (χ2v) is 6.28. The lowest BCUT2D eigenvalue weighted by atomic mass is 10.00. The molecule has 1 atom stereocenters. The van der Waals surface area contributed by atoms with E-state index in [4.69, 9.17) is 0 Å². The van der Waals surface area contributed by atoms with Gasteiger partial charge in [-0.3, -0.25) is 4.79 Å². The number of nitrogens with one attached hydrogen (secondary N) is 1. The van der Waals surface area contributed by atoms with Crippen molar-refractivity contribution in [1.29, 1.82) is 0 Å². The van der Waals surface area contributed by atoms with Gasteiger partial charge in [0.2, 0.25) is 5.91 Å². The minimum atomic E-state index is -0.103. The summed E-state index contributed by atoms with van der Waals surface area (Å²) >= 11 is 1.58. The molecule has 0 saturated carbocycles. The first-order valence-corrected chi connectivity index (χ1v) is 7.81. The first-order valence-electron chi connectivity index (χ1n) is 6.93. The van der Waals surface area contributed by atoms with Crippen LogP contribution in [0, 0.1) is 20.8 Å². The Bertz CT molecular complexity index is 673. The molecule has 3 nitrogen and oxygen atoms in total. The summed E-state index contributed by atoms with van der Waals surface area (Å²) in [6.07, 6.45) is 3.28. The summed E-state index contributed by atoms with van der Waals surface area (Å²) in [5.41, 5.74) is 4.37. The summed E-state index contributed by atoms with van der Waals surface area (Å²) in [5.74, 6) is -0.103. The molecule has 110 valence electrons. The maximum absolute atomic E-state index is 12.0. The van der Waals surface area contributed by atoms with Gasteiger partial charge in [0.05, 0.1) is 16.7 Å². The first kappa shape index (κ1) is 15.4. The average molecular weight is 300 g/mol. The van der Waals surface area contributed by atoms with Crippen LogP contribution in [0.3, 0.4) is 0 Å². The Morgan fingerprint density at radius 3 is 2.76 bits per heavy atom. The molecule has 1 N–H and O–H groups in total. The zero-order valence-electron chi connectivity index (χ0n) is 12.8. The van der Waals surface area contributed by atoms with E-state index in [0.29, 0.717) is 0 Å². The second kappa shape index (κ2) is 6.68. The van der Waals surface area contributed by atoms with Crippen LogP contribution in [0.1, 0.15) is 40.4 Å². The Balaban J connectivity index is 2.02. The number of benzene rings is 1. The maximum atomic E-state index is 12.0. The van der Waals surface area contributed by atoms with E-state index in [2.05, 4.69) is 42.3 Å². The summed E-state index contributed by atoms with van der Waals surface area (Å²) in [4.78, 5) is 16.3. The molecule has 0 fully saturated rings. The Labute approximate surface area is 129 Å². The van der Waals surface area contributed by atoms with E-state index >= 15 is 0 Å². The smallest absolute Gasteiger partial charge is 0.244 e. The lowest BCUT2D eigenvalue weighted by Gasteiger charge is -2.16. The van der Waals surface area contributed by atoms with Crippen LogP contribution in [0.4, 0.5) is 0 Å². The summed E-state index contributed by atoms with van der Waals surface area (Å²) in [6, 6.07) is 6.27. The molecule has 0 aliphatic carbocycles. The van der Waals surface area contributed by atoms with Crippen molar-refractivity contribution < 1.29 is 4.79 Å². The number of aryl methyl sites for hydroxylation is 3. The topological polar surface area (TPSA) is 42.0 Å². The van der Waals surface area contributed by atoms with Gasteiger partial charge < -0.3 is 5.32 Å². The molecule has 2 aromatic rings. The van der Waals surface area contributed by atoms with Crippen LogP contribution in [0.5, 0.6) is 0 Å². The molecule has 0 spiro atoms. The predicted octanol–water partition coefficient (Wildman–Crippen LogP) is 3.96. The molecule has 21 heavy (non-hydrogen) atoms. The van der Waals surface area contributed by atoms with Gasteiger partial charge in [0, 0.05) is 11.5 Å². The highest BCUT2D eigenvalue weighted by Crippen LogP contribution is 2.18. The van der Waals surface area contributed by atoms with Gasteiger partial charge in [-0.2, -0.15) is 0 Å². The van der Waals surface area contributed by atoms with Crippen molar-refractivity contribution in [3.8, 4) is 0 Å². The van der Waals surface area contributed by atoms with Crippen molar-refractivity contribution in [2.45, 2.75) is 33.7 Å². The zero-order valence-corrected chi connectivity index (χ0v) is 13.6. The van der Waals surface area contributed by atoms with Gasteiger partial charge in [0.1, 0.15) is 0 Å². The van der Waals surface area contributed by atoms with E-state index in [1.165, 1.54) is 17.2 Å². The van der Waals surface area contributed by atoms with E-state index in [-0.39, 0.29) is 11.9 Å². The molecule has 0 radical (unpaired) electrons. The van der Waals surface area contributed by atoms with Gasteiger partial charge >= 0.3 is 0 Å². The number of amides is 1. The van der Waals surface area contributed by atoms with Crippen molar-refractivity contribution in [2.75, 3.05) is 0 Å². The van der Waals surface area contributed by atoms with Crippen molar-refractivity contribution in [2.24, 2.45) is 0 Å². The van der Waals surface area contributed by atoms with Crippen molar-refractivity contribution in [1.82, 2.24) is 10.3 Å². The van der Waals surface area contributed by atoms with E-state index in [1.54, 1.807) is 17.4 Å². The quantitative estimate of drug-likeness (QED) is 0.868. The molecule has 1 aromatic carbocycles. The Morgan fingerprint density at radius 2 is 2.10 bits per heavy atom. The standard InChI is InChI=1S/C17H20N2OS/c1-11-5-6-12(2)16(9-11)13(3)18-17(20)8-7-15-10-21-14(4)19-15/h5-10,13H,1-4H3,(H,18,20)/b8-7+. The molecule has 0 bridgehead atoms. The van der Waals surface area contributed by atoms with Gasteiger partial charge in [0.15, 0.2) is 0 Å². The van der Waals surface area contributed by atoms with Gasteiger partial charge in [-0.25, -0.2) is 4.98 Å². The molecule has 1 unspecified atom stereocenters. The van der Waals surface area contributed by atoms with Crippen LogP contribution in [0.25, 0.3) is 6.08 Å². The number of carbonyl (C=O) groups is 1. The number of hydrogen-bond acceptors (Lipinski definition) is 3. The highest BCUT2D eigenvalue weighted by molar-refractivity contribution is 7.09. The minimum absolute atomic E-state index is 0.0146. The maximum Gasteiger partial charge on any atom is 0.244 e. The Morgan fingerprint density at radius 1 is 1.33 bits per heavy atom. The van der Waals surface area contributed by atoms with Gasteiger partial charge in [0.25, 0.3) is 0 Å². The number of thiazole rings is 1. The molecule has 1 aromatic heterocycles. The van der Waals surface area contributed by atoms with Gasteiger partial charge in [-0.1, -0.05) is 23.8 Å². The van der Waals surface area contributed by atoms with Gasteiger partial charge in [-0.15, -0.1) is 11.3 Å². The number of hydrogen-bond donors (Lipinski definition) is 1. The molecule has 0 saturated heterocycles. The van der Waals surface area contributed by atoms with E-state index < -0.39 is 0 Å². The molecule has 2 rings (SSSR count). The van der Waals surface area contributed by atoms with Crippen molar-refractivity contribution in [3.05, 3.63) is 57.0 Å². The normalized spacial score (nSPS) is 12.6. The molecular formula is C17H20N2OS. The molecule has 1 heterocycles.